The molecule has 1 amide bonds. The highest BCUT2D eigenvalue weighted by Gasteiger charge is 2.37. The summed E-state index contributed by atoms with van der Waals surface area (Å²) in [7, 11) is 0. The van der Waals surface area contributed by atoms with E-state index in [1.807, 2.05) is 4.90 Å². The number of hydrogen-bond acceptors (Lipinski definition) is 7. The van der Waals surface area contributed by atoms with E-state index >= 15 is 0 Å². The van der Waals surface area contributed by atoms with Crippen LogP contribution in [0.4, 0.5) is 15.1 Å². The number of piperidine rings is 1. The number of carbonyl (C=O) groups excluding carboxylic acids is 1. The number of alkyl carbamates (subject to hydrolysis) is 1. The second-order valence-corrected chi connectivity index (χ2v) is 8.48. The van der Waals surface area contributed by atoms with Gasteiger partial charge in [-0.2, -0.15) is 0 Å². The van der Waals surface area contributed by atoms with Gasteiger partial charge in [0.05, 0.1) is 24.1 Å². The molecule has 1 fully saturated rings. The molecule has 10 heteroatoms. The Labute approximate surface area is 175 Å². The number of nitrogens with zero attached hydrogens (tertiary/aromatic N) is 3. The van der Waals surface area contributed by atoms with Crippen molar-refractivity contribution in [3.8, 4) is 5.75 Å². The first kappa shape index (κ1) is 23.4. The fraction of sp³-hybridized carbons (Fsp3) is 0.600. The third-order valence-electron chi connectivity index (χ3n) is 4.72. The van der Waals surface area contributed by atoms with Crippen LogP contribution in [0, 0.1) is 5.41 Å². The Bertz CT molecular complexity index is 768. The lowest BCUT2D eigenvalue weighted by atomic mass is 9.80. The van der Waals surface area contributed by atoms with Crippen LogP contribution in [0.15, 0.2) is 24.3 Å². The molecule has 9 nitrogen and oxygen atoms in total. The second-order valence-electron chi connectivity index (χ2n) is 8.48. The third-order valence-corrected chi connectivity index (χ3v) is 4.72. The van der Waals surface area contributed by atoms with Crippen molar-refractivity contribution in [3.63, 3.8) is 0 Å². The number of aliphatic carboxylic acids is 1. The molecular formula is C20H29FN4O5. The molecule has 1 aliphatic rings. The van der Waals surface area contributed by atoms with Crippen molar-refractivity contribution in [2.75, 3.05) is 31.1 Å². The maximum Gasteiger partial charge on any atom is 0.407 e. The average Bonchev–Trinajstić information content (AvgIpc) is 2.68. The molecule has 0 aromatic carbocycles. The van der Waals surface area contributed by atoms with E-state index < -0.39 is 23.1 Å². The molecule has 1 saturated heterocycles. The molecule has 0 radical (unpaired) electrons. The number of anilines is 1. The van der Waals surface area contributed by atoms with Crippen LogP contribution in [-0.4, -0.2) is 59.0 Å². The number of amides is 1. The SMILES string of the molecule is CC(C)(C)OC(=O)NC/C(=C\F)COc1cnc(N2CCC(C)(C(=O)O)CC2)nc1. The maximum atomic E-state index is 13.1. The van der Waals surface area contributed by atoms with Crippen molar-refractivity contribution in [2.24, 2.45) is 5.41 Å². The lowest BCUT2D eigenvalue weighted by Gasteiger charge is -2.36. The van der Waals surface area contributed by atoms with Gasteiger partial charge in [-0.15, -0.1) is 0 Å². The zero-order valence-electron chi connectivity index (χ0n) is 17.8. The fourth-order valence-electron chi connectivity index (χ4n) is 2.76. The summed E-state index contributed by atoms with van der Waals surface area (Å²) < 4.78 is 23.6. The van der Waals surface area contributed by atoms with Gasteiger partial charge in [-0.25, -0.2) is 19.2 Å². The highest BCUT2D eigenvalue weighted by molar-refractivity contribution is 5.74. The Hall–Kier alpha value is -2.91. The van der Waals surface area contributed by atoms with Crippen molar-refractivity contribution in [1.29, 1.82) is 0 Å². The molecule has 0 unspecified atom stereocenters. The van der Waals surface area contributed by atoms with Crippen molar-refractivity contribution in [2.45, 2.75) is 46.1 Å². The molecule has 1 aromatic rings. The minimum absolute atomic E-state index is 0.0551. The molecule has 1 aliphatic heterocycles. The van der Waals surface area contributed by atoms with Crippen molar-refractivity contribution in [3.05, 3.63) is 24.3 Å². The molecule has 0 saturated carbocycles. The Morgan fingerprint density at radius 2 is 1.90 bits per heavy atom. The Morgan fingerprint density at radius 1 is 1.30 bits per heavy atom. The summed E-state index contributed by atoms with van der Waals surface area (Å²) in [5.41, 5.74) is -1.14. The summed E-state index contributed by atoms with van der Waals surface area (Å²) in [5.74, 6) is 0.0510. The quantitative estimate of drug-likeness (QED) is 0.687. The normalized spacial score (nSPS) is 16.7. The number of carbonyl (C=O) groups is 2. The Balaban J connectivity index is 1.81. The number of ether oxygens (including phenoxy) is 2. The van der Waals surface area contributed by atoms with E-state index in [0.717, 1.165) is 0 Å². The molecule has 30 heavy (non-hydrogen) atoms. The van der Waals surface area contributed by atoms with Gasteiger partial charge >= 0.3 is 12.1 Å². The van der Waals surface area contributed by atoms with Gasteiger partial charge < -0.3 is 24.8 Å². The third kappa shape index (κ3) is 6.85. The maximum absolute atomic E-state index is 13.1. The number of aromatic nitrogens is 2. The van der Waals surface area contributed by atoms with Gasteiger partial charge in [0.2, 0.25) is 5.95 Å². The van der Waals surface area contributed by atoms with E-state index in [0.29, 0.717) is 44.0 Å². The second kappa shape index (κ2) is 9.73. The Morgan fingerprint density at radius 3 is 2.40 bits per heavy atom. The first-order chi connectivity index (χ1) is 14.0. The number of rotatable bonds is 7. The van der Waals surface area contributed by atoms with Crippen LogP contribution < -0.4 is 15.0 Å². The van der Waals surface area contributed by atoms with Gasteiger partial charge in [-0.1, -0.05) is 0 Å². The Kier molecular flexibility index (Phi) is 7.58. The molecule has 2 heterocycles. The molecule has 0 atom stereocenters. The van der Waals surface area contributed by atoms with Crippen LogP contribution in [0.3, 0.4) is 0 Å². The minimum Gasteiger partial charge on any atom is -0.486 e. The van der Waals surface area contributed by atoms with Crippen LogP contribution in [0.25, 0.3) is 0 Å². The molecular weight excluding hydrogens is 395 g/mol. The number of carboxylic acids is 1. The van der Waals surface area contributed by atoms with E-state index in [2.05, 4.69) is 15.3 Å². The molecule has 1 aromatic heterocycles. The molecule has 2 rings (SSSR count). The summed E-state index contributed by atoms with van der Waals surface area (Å²) in [6.07, 6.45) is 3.71. The van der Waals surface area contributed by atoms with Gasteiger partial charge in [-0.05, 0) is 40.5 Å². The fourth-order valence-corrected chi connectivity index (χ4v) is 2.76. The topological polar surface area (TPSA) is 114 Å². The van der Waals surface area contributed by atoms with Crippen molar-refractivity contribution < 1.29 is 28.6 Å². The summed E-state index contributed by atoms with van der Waals surface area (Å²) in [6, 6.07) is 0. The van der Waals surface area contributed by atoms with Crippen molar-refractivity contribution >= 4 is 18.0 Å². The predicted octanol–water partition coefficient (Wildman–Crippen LogP) is 2.92. The summed E-state index contributed by atoms with van der Waals surface area (Å²) in [5, 5.41) is 11.8. The van der Waals surface area contributed by atoms with Gasteiger partial charge in [0.25, 0.3) is 0 Å². The number of nitrogens with one attached hydrogen (secondary N) is 1. The van der Waals surface area contributed by atoms with E-state index in [9.17, 15) is 19.1 Å². The standard InChI is InChI=1S/C20H29FN4O5/c1-19(2,3)30-18(28)24-10-14(9-21)13-29-15-11-22-17(23-12-15)25-7-5-20(4,6-8-25)16(26)27/h9,11-12H,5-8,10,13H2,1-4H3,(H,24,28)(H,26,27)/b14-9+. The van der Waals surface area contributed by atoms with E-state index in [1.54, 1.807) is 27.7 Å². The molecule has 0 spiro atoms. The molecule has 166 valence electrons. The van der Waals surface area contributed by atoms with E-state index in [1.165, 1.54) is 12.4 Å². The molecule has 0 aliphatic carbocycles. The minimum atomic E-state index is -0.787. The van der Waals surface area contributed by atoms with Gasteiger partial charge in [0, 0.05) is 25.2 Å². The lowest BCUT2D eigenvalue weighted by molar-refractivity contribution is -0.149. The van der Waals surface area contributed by atoms with Crippen molar-refractivity contribution in [1.82, 2.24) is 15.3 Å². The van der Waals surface area contributed by atoms with Crippen LogP contribution in [-0.2, 0) is 9.53 Å². The largest absolute Gasteiger partial charge is 0.486 e. The van der Waals surface area contributed by atoms with Crippen LogP contribution in [0.1, 0.15) is 40.5 Å². The smallest absolute Gasteiger partial charge is 0.407 e. The highest BCUT2D eigenvalue weighted by Crippen LogP contribution is 2.32. The van der Waals surface area contributed by atoms with Gasteiger partial charge in [-0.3, -0.25) is 4.79 Å². The number of carboxylic acid groups (broad SMARTS) is 1. The van der Waals surface area contributed by atoms with E-state index in [-0.39, 0.29) is 18.7 Å². The number of halogens is 1. The first-order valence-corrected chi connectivity index (χ1v) is 9.70. The summed E-state index contributed by atoms with van der Waals surface area (Å²) in [4.78, 5) is 33.4. The number of hydrogen-bond donors (Lipinski definition) is 2. The van der Waals surface area contributed by atoms with Crippen LogP contribution >= 0.6 is 0 Å². The summed E-state index contributed by atoms with van der Waals surface area (Å²) >= 11 is 0. The first-order valence-electron chi connectivity index (χ1n) is 9.70. The molecule has 0 bridgehead atoms. The van der Waals surface area contributed by atoms with Gasteiger partial charge in [0.15, 0.2) is 5.75 Å². The van der Waals surface area contributed by atoms with Gasteiger partial charge in [0.1, 0.15) is 12.2 Å². The van der Waals surface area contributed by atoms with Crippen LogP contribution in [0.2, 0.25) is 0 Å². The zero-order chi connectivity index (χ0) is 22.4. The predicted molar refractivity (Wildman–Crippen MR) is 108 cm³/mol. The summed E-state index contributed by atoms with van der Waals surface area (Å²) in [6.45, 7) is 7.91. The highest BCUT2D eigenvalue weighted by atomic mass is 19.1. The van der Waals surface area contributed by atoms with Crippen LogP contribution in [0.5, 0.6) is 5.75 Å². The average molecular weight is 424 g/mol. The molecule has 2 N–H and O–H groups in total. The lowest BCUT2D eigenvalue weighted by Crippen LogP contribution is -2.43. The van der Waals surface area contributed by atoms with E-state index in [4.69, 9.17) is 9.47 Å². The monoisotopic (exact) mass is 424 g/mol. The zero-order valence-corrected chi connectivity index (χ0v) is 17.8.